The Kier molecular flexibility index (Phi) is 6.16. The molecular weight excluding hydrogens is 382 g/mol. The summed E-state index contributed by atoms with van der Waals surface area (Å²) in [6, 6.07) is 6.66. The number of para-hydroxylation sites is 1. The predicted molar refractivity (Wildman–Crippen MR) is 99.9 cm³/mol. The van der Waals surface area contributed by atoms with E-state index in [0.29, 0.717) is 11.4 Å². The molecule has 1 aromatic carbocycles. The van der Waals surface area contributed by atoms with Crippen LogP contribution in [0.5, 0.6) is 5.75 Å². The van der Waals surface area contributed by atoms with Crippen LogP contribution in [-0.2, 0) is 9.53 Å². The number of aliphatic hydroxyl groups is 3. The van der Waals surface area contributed by atoms with E-state index in [2.05, 4.69) is 10.3 Å². The molecule has 0 bridgehead atoms. The van der Waals surface area contributed by atoms with Crippen molar-refractivity contribution in [3.05, 3.63) is 42.3 Å². The predicted octanol–water partition coefficient (Wildman–Crippen LogP) is 0.212. The quantitative estimate of drug-likeness (QED) is 0.507. The molecule has 5 atom stereocenters. The van der Waals surface area contributed by atoms with Crippen LogP contribution in [0.2, 0.25) is 0 Å². The number of aromatic nitrogens is 3. The minimum absolute atomic E-state index is 0.378. The summed E-state index contributed by atoms with van der Waals surface area (Å²) in [5.74, 6) is -1.57. The Morgan fingerprint density at radius 1 is 1.34 bits per heavy atom. The molecular formula is C19H23N3O7. The number of aliphatic hydroxyl groups excluding tert-OH is 3. The number of nitrogens with zero attached hydrogens (tertiary/aromatic N) is 3. The van der Waals surface area contributed by atoms with Gasteiger partial charge in [0.2, 0.25) is 5.76 Å². The van der Waals surface area contributed by atoms with Gasteiger partial charge in [0.05, 0.1) is 26.0 Å². The van der Waals surface area contributed by atoms with Gasteiger partial charge >= 0.3 is 5.97 Å². The van der Waals surface area contributed by atoms with Crippen molar-refractivity contribution in [2.75, 3.05) is 13.7 Å². The van der Waals surface area contributed by atoms with E-state index >= 15 is 0 Å². The Balaban J connectivity index is 1.97. The van der Waals surface area contributed by atoms with Crippen molar-refractivity contribution in [2.45, 2.75) is 31.3 Å². The van der Waals surface area contributed by atoms with Gasteiger partial charge in [0.1, 0.15) is 29.8 Å². The molecule has 29 heavy (non-hydrogen) atoms. The number of hydrogen-bond acceptors (Lipinski definition) is 8. The number of hydrogen-bond donors (Lipinski definition) is 4. The first kappa shape index (κ1) is 20.8. The van der Waals surface area contributed by atoms with E-state index in [0.717, 1.165) is 5.56 Å². The normalized spacial score (nSPS) is 23.6. The third kappa shape index (κ3) is 4.09. The molecule has 0 fully saturated rings. The second-order valence-corrected chi connectivity index (χ2v) is 6.79. The first-order valence-corrected chi connectivity index (χ1v) is 9.01. The zero-order valence-electron chi connectivity index (χ0n) is 15.9. The molecule has 1 aliphatic heterocycles. The first-order chi connectivity index (χ1) is 13.9. The van der Waals surface area contributed by atoms with E-state index in [-0.39, 0.29) is 5.76 Å². The second-order valence-electron chi connectivity index (χ2n) is 6.79. The van der Waals surface area contributed by atoms with Gasteiger partial charge in [0.25, 0.3) is 0 Å². The Labute approximate surface area is 166 Å². The SMILES string of the molecule is COc1ccccc1-c1cn([C@H]2C=C(C(=O)O)O[C@@H]([C@H](O)[C@H](O)CO)[C@@H]2C)nn1. The topological polar surface area (TPSA) is 147 Å². The zero-order chi connectivity index (χ0) is 21.1. The smallest absolute Gasteiger partial charge is 0.370 e. The minimum atomic E-state index is -1.49. The van der Waals surface area contributed by atoms with Crippen molar-refractivity contribution in [3.63, 3.8) is 0 Å². The summed E-state index contributed by atoms with van der Waals surface area (Å²) in [5, 5.41) is 46.9. The Morgan fingerprint density at radius 3 is 2.72 bits per heavy atom. The maximum absolute atomic E-state index is 11.5. The molecule has 1 aromatic heterocycles. The molecule has 10 nitrogen and oxygen atoms in total. The van der Waals surface area contributed by atoms with Gasteiger partial charge in [0, 0.05) is 11.5 Å². The molecule has 4 N–H and O–H groups in total. The fraction of sp³-hybridized carbons (Fsp3) is 0.421. The average molecular weight is 405 g/mol. The maximum atomic E-state index is 11.5. The lowest BCUT2D eigenvalue weighted by Gasteiger charge is -2.37. The third-order valence-corrected chi connectivity index (χ3v) is 4.97. The number of ether oxygens (including phenoxy) is 2. The Morgan fingerprint density at radius 2 is 2.07 bits per heavy atom. The second kappa shape index (κ2) is 8.60. The summed E-state index contributed by atoms with van der Waals surface area (Å²) in [4.78, 5) is 11.5. The number of rotatable bonds is 7. The molecule has 156 valence electrons. The van der Waals surface area contributed by atoms with Crippen molar-refractivity contribution in [1.82, 2.24) is 15.0 Å². The van der Waals surface area contributed by atoms with Gasteiger partial charge in [0.15, 0.2) is 0 Å². The van der Waals surface area contributed by atoms with Gasteiger partial charge in [-0.2, -0.15) is 0 Å². The number of aliphatic carboxylic acids is 1. The fourth-order valence-corrected chi connectivity index (χ4v) is 3.34. The van der Waals surface area contributed by atoms with E-state index in [1.165, 1.54) is 10.8 Å². The maximum Gasteiger partial charge on any atom is 0.370 e. The molecule has 1 aliphatic rings. The van der Waals surface area contributed by atoms with Gasteiger partial charge in [-0.25, -0.2) is 9.48 Å². The summed E-state index contributed by atoms with van der Waals surface area (Å²) in [6.45, 7) is 1.04. The van der Waals surface area contributed by atoms with Gasteiger partial charge in [-0.3, -0.25) is 0 Å². The molecule has 0 saturated heterocycles. The molecule has 0 unspecified atom stereocenters. The number of carboxylic acids is 1. The van der Waals surface area contributed by atoms with Crippen molar-refractivity contribution in [3.8, 4) is 17.0 Å². The fourth-order valence-electron chi connectivity index (χ4n) is 3.34. The van der Waals surface area contributed by atoms with Crippen LogP contribution in [0.25, 0.3) is 11.3 Å². The highest BCUT2D eigenvalue weighted by Crippen LogP contribution is 2.35. The van der Waals surface area contributed by atoms with Crippen molar-refractivity contribution in [1.29, 1.82) is 0 Å². The number of methoxy groups -OCH3 is 1. The van der Waals surface area contributed by atoms with Gasteiger partial charge in [-0.05, 0) is 18.2 Å². The zero-order valence-corrected chi connectivity index (χ0v) is 15.9. The number of carboxylic acid groups (broad SMARTS) is 1. The Hall–Kier alpha value is -2.95. The summed E-state index contributed by atoms with van der Waals surface area (Å²) in [5.41, 5.74) is 1.24. The highest BCUT2D eigenvalue weighted by Gasteiger charge is 2.41. The summed E-state index contributed by atoms with van der Waals surface area (Å²) in [7, 11) is 1.55. The third-order valence-electron chi connectivity index (χ3n) is 4.97. The number of carbonyl (C=O) groups is 1. The van der Waals surface area contributed by atoms with Crippen LogP contribution in [0.1, 0.15) is 13.0 Å². The Bertz CT molecular complexity index is 897. The highest BCUT2D eigenvalue weighted by atomic mass is 16.5. The minimum Gasteiger partial charge on any atom is -0.496 e. The lowest BCUT2D eigenvalue weighted by molar-refractivity contribution is -0.148. The molecule has 3 rings (SSSR count). The van der Waals surface area contributed by atoms with Crippen LogP contribution in [0.15, 0.2) is 42.3 Å². The van der Waals surface area contributed by atoms with Crippen LogP contribution in [0.4, 0.5) is 0 Å². The van der Waals surface area contributed by atoms with Gasteiger partial charge in [-0.1, -0.05) is 24.3 Å². The molecule has 0 saturated carbocycles. The summed E-state index contributed by atoms with van der Waals surface area (Å²) in [6.07, 6.45) is -1.01. The van der Waals surface area contributed by atoms with Crippen LogP contribution in [-0.4, -0.2) is 73.4 Å². The van der Waals surface area contributed by atoms with Crippen molar-refractivity contribution < 1.29 is 34.7 Å². The monoisotopic (exact) mass is 405 g/mol. The molecule has 0 aliphatic carbocycles. The lowest BCUT2D eigenvalue weighted by Crippen LogP contribution is -2.48. The largest absolute Gasteiger partial charge is 0.496 e. The van der Waals surface area contributed by atoms with E-state index in [1.807, 2.05) is 18.2 Å². The van der Waals surface area contributed by atoms with Gasteiger partial charge in [-0.15, -0.1) is 5.10 Å². The molecule has 2 aromatic rings. The molecule has 0 spiro atoms. The lowest BCUT2D eigenvalue weighted by atomic mass is 9.87. The van der Waals surface area contributed by atoms with Crippen molar-refractivity contribution in [2.24, 2.45) is 5.92 Å². The van der Waals surface area contributed by atoms with E-state index in [9.17, 15) is 20.1 Å². The van der Waals surface area contributed by atoms with E-state index in [1.54, 1.807) is 26.3 Å². The summed E-state index contributed by atoms with van der Waals surface area (Å²) < 4.78 is 12.2. The van der Waals surface area contributed by atoms with Crippen LogP contribution < -0.4 is 4.74 Å². The molecule has 0 amide bonds. The number of benzene rings is 1. The first-order valence-electron chi connectivity index (χ1n) is 9.01. The molecule has 10 heteroatoms. The number of allylic oxidation sites excluding steroid dienone is 1. The summed E-state index contributed by atoms with van der Waals surface area (Å²) >= 11 is 0. The average Bonchev–Trinajstić information content (AvgIpc) is 3.22. The van der Waals surface area contributed by atoms with Crippen LogP contribution >= 0.6 is 0 Å². The van der Waals surface area contributed by atoms with Crippen molar-refractivity contribution >= 4 is 5.97 Å². The van der Waals surface area contributed by atoms with Crippen LogP contribution in [0, 0.1) is 5.92 Å². The molecule has 2 heterocycles. The standard InChI is InChI=1S/C19H23N3O7/c1-10-13(7-16(19(26)27)29-18(10)17(25)14(24)9-23)22-8-12(20-21-22)11-5-3-4-6-15(11)28-2/h3-8,10,13-14,17-18,23-25H,9H2,1-2H3,(H,26,27)/t10-,13+,14-,17-,18-/m1/s1. The van der Waals surface area contributed by atoms with E-state index < -0.39 is 42.8 Å². The van der Waals surface area contributed by atoms with E-state index in [4.69, 9.17) is 14.6 Å². The van der Waals surface area contributed by atoms with Crippen LogP contribution in [0.3, 0.4) is 0 Å². The molecule has 0 radical (unpaired) electrons. The highest BCUT2D eigenvalue weighted by molar-refractivity contribution is 5.84. The van der Waals surface area contributed by atoms with Gasteiger partial charge < -0.3 is 29.9 Å².